The molecule has 1 aliphatic carbocycles. The first-order chi connectivity index (χ1) is 14.5. The number of nitrogens with one attached hydrogen (secondary N) is 2. The third kappa shape index (κ3) is 4.90. The molecule has 1 aromatic heterocycles. The van der Waals surface area contributed by atoms with Crippen LogP contribution in [0.4, 0.5) is 5.13 Å². The highest BCUT2D eigenvalue weighted by molar-refractivity contribution is 7.89. The number of anilines is 1. The first-order valence-corrected chi connectivity index (χ1v) is 13.0. The number of hydrogen-bond donors (Lipinski definition) is 2. The van der Waals surface area contributed by atoms with Gasteiger partial charge in [-0.2, -0.15) is 0 Å². The van der Waals surface area contributed by atoms with E-state index in [0.29, 0.717) is 12.5 Å². The lowest BCUT2D eigenvalue weighted by atomic mass is 9.86. The molecule has 30 heavy (non-hydrogen) atoms. The molecule has 0 radical (unpaired) electrons. The molecule has 0 spiro atoms. The molecule has 1 aliphatic heterocycles. The van der Waals surface area contributed by atoms with Crippen molar-refractivity contribution >= 4 is 26.5 Å². The molecule has 2 aromatic rings. The molecule has 1 fully saturated rings. The van der Waals surface area contributed by atoms with Crippen molar-refractivity contribution in [2.75, 3.05) is 31.3 Å². The summed E-state index contributed by atoms with van der Waals surface area (Å²) in [5, 5.41) is 4.46. The van der Waals surface area contributed by atoms with Crippen molar-refractivity contribution in [1.29, 1.82) is 0 Å². The Hall–Kier alpha value is -1.84. The van der Waals surface area contributed by atoms with Crippen molar-refractivity contribution in [3.8, 4) is 22.8 Å². The van der Waals surface area contributed by atoms with E-state index in [1.807, 2.05) is 18.2 Å². The second kappa shape index (κ2) is 9.11. The van der Waals surface area contributed by atoms with Crippen LogP contribution >= 0.6 is 11.3 Å². The highest BCUT2D eigenvalue weighted by Crippen LogP contribution is 2.40. The predicted molar refractivity (Wildman–Crippen MR) is 120 cm³/mol. The van der Waals surface area contributed by atoms with Gasteiger partial charge in [0, 0.05) is 35.5 Å². The van der Waals surface area contributed by atoms with Crippen LogP contribution in [0.5, 0.6) is 11.5 Å². The van der Waals surface area contributed by atoms with Crippen LogP contribution in [0, 0.1) is 5.92 Å². The van der Waals surface area contributed by atoms with E-state index in [2.05, 4.69) is 10.0 Å². The molecule has 2 heterocycles. The monoisotopic (exact) mass is 451 g/mol. The van der Waals surface area contributed by atoms with Gasteiger partial charge in [0.05, 0.1) is 25.2 Å². The summed E-state index contributed by atoms with van der Waals surface area (Å²) >= 11 is 1.70. The topological polar surface area (TPSA) is 89.6 Å². The van der Waals surface area contributed by atoms with Gasteiger partial charge in [0.2, 0.25) is 10.0 Å². The molecule has 1 aromatic carbocycles. The fourth-order valence-electron chi connectivity index (χ4n) is 4.06. The minimum atomic E-state index is -3.12. The molecule has 0 atom stereocenters. The first-order valence-electron chi connectivity index (χ1n) is 10.5. The van der Waals surface area contributed by atoms with Gasteiger partial charge < -0.3 is 14.8 Å². The zero-order valence-electron chi connectivity index (χ0n) is 17.4. The number of benzene rings is 1. The number of rotatable bonds is 7. The fourth-order valence-corrected chi connectivity index (χ4v) is 5.93. The van der Waals surface area contributed by atoms with Crippen LogP contribution in [0.2, 0.25) is 0 Å². The lowest BCUT2D eigenvalue weighted by Crippen LogP contribution is -2.39. The van der Waals surface area contributed by atoms with Gasteiger partial charge in [0.25, 0.3) is 0 Å². The van der Waals surface area contributed by atoms with E-state index in [0.717, 1.165) is 66.5 Å². The van der Waals surface area contributed by atoms with E-state index in [1.165, 1.54) is 4.88 Å². The summed E-state index contributed by atoms with van der Waals surface area (Å²) in [4.78, 5) is 6.10. The zero-order chi connectivity index (χ0) is 21.1. The highest BCUT2D eigenvalue weighted by Gasteiger charge is 2.25. The molecular weight excluding hydrogens is 422 g/mol. The number of ether oxygens (including phenoxy) is 2. The van der Waals surface area contributed by atoms with E-state index < -0.39 is 10.0 Å². The number of hydrogen-bond acceptors (Lipinski definition) is 7. The minimum Gasteiger partial charge on any atom is -0.497 e. The van der Waals surface area contributed by atoms with E-state index in [4.69, 9.17) is 14.5 Å². The number of nitrogens with zero attached hydrogens (tertiary/aromatic N) is 1. The van der Waals surface area contributed by atoms with Crippen LogP contribution in [0.15, 0.2) is 18.2 Å². The second-order valence-electron chi connectivity index (χ2n) is 7.87. The summed E-state index contributed by atoms with van der Waals surface area (Å²) in [6.07, 6.45) is 4.67. The molecule has 0 bridgehead atoms. The van der Waals surface area contributed by atoms with Gasteiger partial charge in [-0.25, -0.2) is 18.1 Å². The maximum Gasteiger partial charge on any atom is 0.211 e. The molecule has 0 amide bonds. The quantitative estimate of drug-likeness (QED) is 0.668. The summed E-state index contributed by atoms with van der Waals surface area (Å²) in [6, 6.07) is 5.95. The third-order valence-electron chi connectivity index (χ3n) is 5.84. The molecule has 2 aliphatic rings. The zero-order valence-corrected chi connectivity index (χ0v) is 19.1. The third-order valence-corrected chi connectivity index (χ3v) is 8.37. The van der Waals surface area contributed by atoms with Crippen molar-refractivity contribution in [3.63, 3.8) is 0 Å². The second-order valence-corrected chi connectivity index (χ2v) is 11.0. The Kier molecular flexibility index (Phi) is 6.50. The van der Waals surface area contributed by atoms with Crippen molar-refractivity contribution in [2.24, 2.45) is 5.92 Å². The number of aromatic nitrogens is 1. The van der Waals surface area contributed by atoms with Crippen LogP contribution in [-0.2, 0) is 16.4 Å². The van der Waals surface area contributed by atoms with Crippen LogP contribution in [-0.4, -0.2) is 45.5 Å². The number of sulfonamides is 1. The van der Waals surface area contributed by atoms with Crippen LogP contribution in [0.25, 0.3) is 11.3 Å². The van der Waals surface area contributed by atoms with Gasteiger partial charge in [-0.3, -0.25) is 0 Å². The fraction of sp³-hybridized carbons (Fsp3) is 0.571. The van der Waals surface area contributed by atoms with Gasteiger partial charge in [-0.05, 0) is 50.7 Å². The molecule has 1 saturated carbocycles. The standard InChI is InChI=1S/C21H29N3O4S2/c1-3-30(25,26)24-15-6-4-14(5-7-15)13-22-21-23-20-17-9-8-16(27-2)12-18(17)28-11-10-19(20)29-21/h8-9,12,14-15,24H,3-7,10-11,13H2,1-2H3,(H,22,23)/t14-,15-. The SMILES string of the molecule is CCS(=O)(=O)N[C@H]1CC[C@H](CNc2nc3c(s2)CCOc2cc(OC)ccc2-3)CC1. The number of methoxy groups -OCH3 is 1. The molecule has 2 N–H and O–H groups in total. The number of thiazole rings is 1. The normalized spacial score (nSPS) is 21.1. The Bertz CT molecular complexity index is 982. The van der Waals surface area contributed by atoms with Gasteiger partial charge in [-0.15, -0.1) is 11.3 Å². The smallest absolute Gasteiger partial charge is 0.211 e. The number of fused-ring (bicyclic) bond motifs is 3. The van der Waals surface area contributed by atoms with E-state index >= 15 is 0 Å². The van der Waals surface area contributed by atoms with E-state index in [1.54, 1.807) is 25.4 Å². The summed E-state index contributed by atoms with van der Waals surface area (Å²) < 4.78 is 37.5. The average molecular weight is 452 g/mol. The summed E-state index contributed by atoms with van der Waals surface area (Å²) in [6.45, 7) is 3.17. The molecule has 0 unspecified atom stereocenters. The van der Waals surface area contributed by atoms with Crippen LogP contribution < -0.4 is 19.5 Å². The molecule has 4 rings (SSSR count). The molecule has 0 saturated heterocycles. The summed E-state index contributed by atoms with van der Waals surface area (Å²) in [7, 11) is -1.46. The Balaban J connectivity index is 1.36. The molecular formula is C21H29N3O4S2. The average Bonchev–Trinajstić information content (AvgIpc) is 3.08. The molecule has 164 valence electrons. The van der Waals surface area contributed by atoms with Gasteiger partial charge in [0.1, 0.15) is 11.5 Å². The van der Waals surface area contributed by atoms with Crippen LogP contribution in [0.3, 0.4) is 0 Å². The van der Waals surface area contributed by atoms with Crippen molar-refractivity contribution in [2.45, 2.75) is 45.1 Å². The van der Waals surface area contributed by atoms with Crippen molar-refractivity contribution in [1.82, 2.24) is 9.71 Å². The largest absolute Gasteiger partial charge is 0.497 e. The maximum atomic E-state index is 11.8. The highest BCUT2D eigenvalue weighted by atomic mass is 32.2. The van der Waals surface area contributed by atoms with E-state index in [-0.39, 0.29) is 11.8 Å². The Morgan fingerprint density at radius 1 is 1.27 bits per heavy atom. The Labute approximate surface area is 182 Å². The lowest BCUT2D eigenvalue weighted by molar-refractivity contribution is 0.324. The first kappa shape index (κ1) is 21.4. The van der Waals surface area contributed by atoms with Gasteiger partial charge in [0.15, 0.2) is 5.13 Å². The van der Waals surface area contributed by atoms with Gasteiger partial charge >= 0.3 is 0 Å². The predicted octanol–water partition coefficient (Wildman–Crippen LogP) is 3.66. The summed E-state index contributed by atoms with van der Waals surface area (Å²) in [5.74, 6) is 2.28. The maximum absolute atomic E-state index is 11.8. The molecule has 9 heteroatoms. The van der Waals surface area contributed by atoms with E-state index in [9.17, 15) is 8.42 Å². The summed E-state index contributed by atoms with van der Waals surface area (Å²) in [5.41, 5.74) is 2.01. The lowest BCUT2D eigenvalue weighted by Gasteiger charge is -2.28. The van der Waals surface area contributed by atoms with Gasteiger partial charge in [-0.1, -0.05) is 0 Å². The van der Waals surface area contributed by atoms with Crippen LogP contribution in [0.1, 0.15) is 37.5 Å². The van der Waals surface area contributed by atoms with Crippen molar-refractivity contribution in [3.05, 3.63) is 23.1 Å². The Morgan fingerprint density at radius 2 is 2.07 bits per heavy atom. The molecule has 7 nitrogen and oxygen atoms in total. The van der Waals surface area contributed by atoms with Crippen molar-refractivity contribution < 1.29 is 17.9 Å². The Morgan fingerprint density at radius 3 is 2.80 bits per heavy atom. The minimum absolute atomic E-state index is 0.0793.